The minimum atomic E-state index is -2.92. The van der Waals surface area contributed by atoms with Crippen molar-refractivity contribution in [1.29, 1.82) is 0 Å². The number of furan rings is 1. The average molecular weight is 403 g/mol. The molecule has 3 rings (SSSR count). The van der Waals surface area contributed by atoms with Gasteiger partial charge in [-0.05, 0) is 42.3 Å². The van der Waals surface area contributed by atoms with Crippen LogP contribution >= 0.6 is 0 Å². The van der Waals surface area contributed by atoms with Gasteiger partial charge in [-0.2, -0.15) is 8.78 Å². The number of alkyl halides is 2. The second-order valence-corrected chi connectivity index (χ2v) is 6.23. The summed E-state index contributed by atoms with van der Waals surface area (Å²) in [5.41, 5.74) is 2.87. The fourth-order valence-electron chi connectivity index (χ4n) is 2.75. The lowest BCUT2D eigenvalue weighted by Gasteiger charge is -2.08. The fraction of sp³-hybridized carbons (Fsp3) is 0.238. The monoisotopic (exact) mass is 403 g/mol. The molecule has 1 aromatic heterocycles. The van der Waals surface area contributed by atoms with Crippen LogP contribution in [0.2, 0.25) is 0 Å². The second kappa shape index (κ2) is 9.18. The van der Waals surface area contributed by atoms with Crippen molar-refractivity contribution in [2.45, 2.75) is 26.4 Å². The Labute approximate surface area is 165 Å². The molecule has 0 saturated heterocycles. The van der Waals surface area contributed by atoms with Gasteiger partial charge in [0.2, 0.25) is 0 Å². The molecular formula is C21H19F2NO5. The molecule has 2 aromatic carbocycles. The van der Waals surface area contributed by atoms with E-state index in [0.717, 1.165) is 17.4 Å². The van der Waals surface area contributed by atoms with Gasteiger partial charge in [0.15, 0.2) is 6.61 Å². The summed E-state index contributed by atoms with van der Waals surface area (Å²) in [6, 6.07) is 11.2. The molecule has 1 heterocycles. The van der Waals surface area contributed by atoms with Crippen LogP contribution in [0.5, 0.6) is 5.75 Å². The van der Waals surface area contributed by atoms with E-state index in [4.69, 9.17) is 9.15 Å². The summed E-state index contributed by atoms with van der Waals surface area (Å²) < 4.78 is 38.9. The third kappa shape index (κ3) is 5.54. The Balaban J connectivity index is 1.49. The van der Waals surface area contributed by atoms with Crippen molar-refractivity contribution in [2.75, 3.05) is 11.9 Å². The number of benzene rings is 2. The quantitative estimate of drug-likeness (QED) is 0.567. The maximum Gasteiger partial charge on any atom is 0.387 e. The number of nitrogens with one attached hydrogen (secondary N) is 1. The average Bonchev–Trinajstić information content (AvgIpc) is 3.09. The number of amides is 1. The molecule has 152 valence electrons. The first-order valence-electron chi connectivity index (χ1n) is 8.94. The van der Waals surface area contributed by atoms with E-state index in [1.54, 1.807) is 0 Å². The molecule has 1 amide bonds. The predicted octanol–water partition coefficient (Wildman–Crippen LogP) is 4.32. The van der Waals surface area contributed by atoms with Gasteiger partial charge in [-0.15, -0.1) is 0 Å². The number of esters is 1. The molecule has 0 radical (unpaired) electrons. The lowest BCUT2D eigenvalue weighted by Crippen LogP contribution is -2.21. The van der Waals surface area contributed by atoms with E-state index in [0.29, 0.717) is 16.8 Å². The zero-order valence-corrected chi connectivity index (χ0v) is 15.6. The summed E-state index contributed by atoms with van der Waals surface area (Å²) in [7, 11) is 0. The van der Waals surface area contributed by atoms with Crippen LogP contribution < -0.4 is 10.1 Å². The number of hydrogen-bond acceptors (Lipinski definition) is 5. The first kappa shape index (κ1) is 20.3. The highest BCUT2D eigenvalue weighted by Crippen LogP contribution is 2.23. The molecule has 0 atom stereocenters. The van der Waals surface area contributed by atoms with Gasteiger partial charge in [0.05, 0.1) is 12.7 Å². The number of halogens is 2. The molecule has 0 saturated carbocycles. The Morgan fingerprint density at radius 3 is 2.59 bits per heavy atom. The molecule has 0 unspecified atom stereocenters. The van der Waals surface area contributed by atoms with Crippen molar-refractivity contribution in [2.24, 2.45) is 0 Å². The summed E-state index contributed by atoms with van der Waals surface area (Å²) in [6.07, 6.45) is 2.37. The van der Waals surface area contributed by atoms with Crippen molar-refractivity contribution in [3.63, 3.8) is 0 Å². The smallest absolute Gasteiger partial charge is 0.387 e. The minimum absolute atomic E-state index is 0.0224. The molecule has 3 aromatic rings. The van der Waals surface area contributed by atoms with E-state index in [-0.39, 0.29) is 12.2 Å². The number of hydrogen-bond donors (Lipinski definition) is 1. The van der Waals surface area contributed by atoms with Crippen molar-refractivity contribution < 1.29 is 32.3 Å². The summed E-state index contributed by atoms with van der Waals surface area (Å²) in [4.78, 5) is 24.0. The maximum atomic E-state index is 12.1. The van der Waals surface area contributed by atoms with E-state index < -0.39 is 25.1 Å². The van der Waals surface area contributed by atoms with E-state index >= 15 is 0 Å². The van der Waals surface area contributed by atoms with E-state index in [9.17, 15) is 18.4 Å². The van der Waals surface area contributed by atoms with Crippen LogP contribution in [0.3, 0.4) is 0 Å². The summed E-state index contributed by atoms with van der Waals surface area (Å²) in [6.45, 7) is -1.35. The molecule has 6 nitrogen and oxygen atoms in total. The molecular weight excluding hydrogens is 384 g/mol. The summed E-state index contributed by atoms with van der Waals surface area (Å²) >= 11 is 0. The normalized spacial score (nSPS) is 10.9. The van der Waals surface area contributed by atoms with Gasteiger partial charge in [-0.3, -0.25) is 9.59 Å². The molecule has 29 heavy (non-hydrogen) atoms. The number of ether oxygens (including phenoxy) is 2. The predicted molar refractivity (Wildman–Crippen MR) is 102 cm³/mol. The number of rotatable bonds is 8. The Kier molecular flexibility index (Phi) is 6.43. The minimum Gasteiger partial charge on any atom is -0.464 e. The van der Waals surface area contributed by atoms with Crippen LogP contribution in [0.1, 0.15) is 18.1 Å². The zero-order chi connectivity index (χ0) is 20.8. The van der Waals surface area contributed by atoms with Crippen LogP contribution in [0.25, 0.3) is 11.0 Å². The standard InChI is InChI=1S/C21H19F2NO5/c1-2-13-3-8-17-14(11-27-18(17)9-13)10-20(26)28-12-19(25)24-15-4-6-16(7-5-15)29-21(22)23/h3-9,11,21H,2,10,12H2,1H3,(H,24,25). The highest BCUT2D eigenvalue weighted by Gasteiger charge is 2.14. The molecule has 0 spiro atoms. The number of aryl methyl sites for hydroxylation is 1. The SMILES string of the molecule is CCc1ccc2c(CC(=O)OCC(=O)Nc3ccc(OC(F)F)cc3)coc2c1. The van der Waals surface area contributed by atoms with Crippen LogP contribution in [0, 0.1) is 0 Å². The highest BCUT2D eigenvalue weighted by atomic mass is 19.3. The lowest BCUT2D eigenvalue weighted by molar-refractivity contribution is -0.146. The molecule has 0 fully saturated rings. The topological polar surface area (TPSA) is 77.8 Å². The highest BCUT2D eigenvalue weighted by molar-refractivity contribution is 5.93. The molecule has 1 N–H and O–H groups in total. The third-order valence-corrected chi connectivity index (χ3v) is 4.19. The number of anilines is 1. The van der Waals surface area contributed by atoms with Crippen LogP contribution in [0.15, 0.2) is 53.1 Å². The van der Waals surface area contributed by atoms with Gasteiger partial charge in [0, 0.05) is 16.6 Å². The molecule has 0 bridgehead atoms. The molecule has 0 aliphatic carbocycles. The van der Waals surface area contributed by atoms with Crippen LogP contribution in [-0.4, -0.2) is 25.1 Å². The van der Waals surface area contributed by atoms with Gasteiger partial charge >= 0.3 is 12.6 Å². The first-order valence-corrected chi connectivity index (χ1v) is 8.94. The van der Waals surface area contributed by atoms with Crippen LogP contribution in [0.4, 0.5) is 14.5 Å². The van der Waals surface area contributed by atoms with Gasteiger partial charge in [-0.1, -0.05) is 19.1 Å². The third-order valence-electron chi connectivity index (χ3n) is 4.19. The summed E-state index contributed by atoms with van der Waals surface area (Å²) in [5.74, 6) is -1.14. The maximum absolute atomic E-state index is 12.1. The number of carbonyl (C=O) groups excluding carboxylic acids is 2. The lowest BCUT2D eigenvalue weighted by atomic mass is 10.1. The number of fused-ring (bicyclic) bond motifs is 1. The first-order chi connectivity index (χ1) is 13.9. The van der Waals surface area contributed by atoms with E-state index in [1.165, 1.54) is 30.5 Å². The van der Waals surface area contributed by atoms with Gasteiger partial charge in [0.25, 0.3) is 5.91 Å². The Hall–Kier alpha value is -3.42. The number of carbonyl (C=O) groups is 2. The van der Waals surface area contributed by atoms with Crippen molar-refractivity contribution in [3.05, 3.63) is 59.9 Å². The second-order valence-electron chi connectivity index (χ2n) is 6.23. The Morgan fingerprint density at radius 1 is 1.14 bits per heavy atom. The zero-order valence-electron chi connectivity index (χ0n) is 15.6. The van der Waals surface area contributed by atoms with Gasteiger partial charge in [0.1, 0.15) is 11.3 Å². The molecule has 0 aliphatic rings. The van der Waals surface area contributed by atoms with Crippen LogP contribution in [-0.2, 0) is 27.2 Å². The molecule has 8 heteroatoms. The van der Waals surface area contributed by atoms with Crippen molar-refractivity contribution >= 4 is 28.5 Å². The Morgan fingerprint density at radius 2 is 1.90 bits per heavy atom. The van der Waals surface area contributed by atoms with E-state index in [1.807, 2.05) is 25.1 Å². The van der Waals surface area contributed by atoms with E-state index in [2.05, 4.69) is 10.1 Å². The largest absolute Gasteiger partial charge is 0.464 e. The fourth-order valence-corrected chi connectivity index (χ4v) is 2.75. The summed E-state index contributed by atoms with van der Waals surface area (Å²) in [5, 5.41) is 3.33. The van der Waals surface area contributed by atoms with Crippen molar-refractivity contribution in [3.8, 4) is 5.75 Å². The van der Waals surface area contributed by atoms with Gasteiger partial charge in [-0.25, -0.2) is 0 Å². The van der Waals surface area contributed by atoms with Gasteiger partial charge < -0.3 is 19.2 Å². The molecule has 0 aliphatic heterocycles. The van der Waals surface area contributed by atoms with Crippen molar-refractivity contribution in [1.82, 2.24) is 0 Å². The Bertz CT molecular complexity index is 998.